The van der Waals surface area contributed by atoms with Gasteiger partial charge in [0.25, 0.3) is 11.8 Å². The highest BCUT2D eigenvalue weighted by Crippen LogP contribution is 2.35. The van der Waals surface area contributed by atoms with Gasteiger partial charge in [0.2, 0.25) is 11.8 Å². The normalized spacial score (nSPS) is 19.2. The fraction of sp³-hybridized carbons (Fsp3) is 0.286. The lowest BCUT2D eigenvalue weighted by atomic mass is 10.0. The number of nitrogens with one attached hydrogen (secondary N) is 2. The predicted molar refractivity (Wildman–Crippen MR) is 108 cm³/mol. The first-order valence-corrected chi connectivity index (χ1v) is 10.2. The van der Waals surface area contributed by atoms with Crippen molar-refractivity contribution in [3.63, 3.8) is 0 Å². The number of piperidine rings is 1. The molecule has 1 aromatic carbocycles. The number of imide groups is 1. The molecule has 33 heavy (non-hydrogen) atoms. The number of pyridine rings is 1. The number of alkyl halides is 3. The van der Waals surface area contributed by atoms with Crippen molar-refractivity contribution >= 4 is 35.2 Å². The van der Waals surface area contributed by atoms with Crippen molar-refractivity contribution in [2.24, 2.45) is 0 Å². The number of halogens is 4. The number of hydrogen-bond donors (Lipinski definition) is 2. The summed E-state index contributed by atoms with van der Waals surface area (Å²) in [6, 6.07) is 3.19. The summed E-state index contributed by atoms with van der Waals surface area (Å²) in [5.74, 6) is -2.51. The standard InChI is InChI=1S/C21H16ClF3N4O4/c22-13-2-1-7-26-16(13)17(21(23,24)25)28-18(31)10-3-4-12-11(8-10)9-29(20(12)33)14-5-6-15(30)27-19(14)32/h1-4,7-8,14,17H,5-6,9H2,(H,28,31)(H,27,30,32)/t14?,17-/m1/s1. The van der Waals surface area contributed by atoms with E-state index in [-0.39, 0.29) is 35.5 Å². The van der Waals surface area contributed by atoms with Crippen molar-refractivity contribution in [2.45, 2.75) is 37.6 Å². The Kier molecular flexibility index (Phi) is 5.83. The number of fused-ring (bicyclic) bond motifs is 1. The van der Waals surface area contributed by atoms with E-state index in [1.807, 2.05) is 5.32 Å². The number of aromatic nitrogens is 1. The molecule has 2 N–H and O–H groups in total. The zero-order chi connectivity index (χ0) is 23.9. The summed E-state index contributed by atoms with van der Waals surface area (Å²) < 4.78 is 40.9. The average Bonchev–Trinajstić information content (AvgIpc) is 3.07. The van der Waals surface area contributed by atoms with E-state index in [1.165, 1.54) is 35.2 Å². The van der Waals surface area contributed by atoms with Gasteiger partial charge in [0.1, 0.15) is 6.04 Å². The molecule has 3 heterocycles. The molecule has 1 unspecified atom stereocenters. The molecule has 0 saturated carbocycles. The Morgan fingerprint density at radius 1 is 1.24 bits per heavy atom. The monoisotopic (exact) mass is 480 g/mol. The third kappa shape index (κ3) is 4.40. The van der Waals surface area contributed by atoms with Crippen LogP contribution >= 0.6 is 11.6 Å². The van der Waals surface area contributed by atoms with Gasteiger partial charge in [-0.15, -0.1) is 0 Å². The van der Waals surface area contributed by atoms with E-state index < -0.39 is 47.6 Å². The summed E-state index contributed by atoms with van der Waals surface area (Å²) in [5, 5.41) is 3.84. The van der Waals surface area contributed by atoms with E-state index in [9.17, 15) is 32.3 Å². The summed E-state index contributed by atoms with van der Waals surface area (Å²) in [5.41, 5.74) is -0.0264. The first-order valence-electron chi connectivity index (χ1n) is 9.82. The molecule has 0 aliphatic carbocycles. The molecule has 1 saturated heterocycles. The van der Waals surface area contributed by atoms with Crippen LogP contribution in [0.15, 0.2) is 36.5 Å². The third-order valence-corrected chi connectivity index (χ3v) is 5.77. The quantitative estimate of drug-likeness (QED) is 0.654. The number of nitrogens with zero attached hydrogens (tertiary/aromatic N) is 2. The first-order chi connectivity index (χ1) is 15.6. The van der Waals surface area contributed by atoms with Gasteiger partial charge in [-0.05, 0) is 42.3 Å². The SMILES string of the molecule is O=C1CCC(N2Cc3cc(C(=O)N[C@H](c4ncccc4Cl)C(F)(F)F)ccc3C2=O)C(=O)N1. The van der Waals surface area contributed by atoms with Crippen molar-refractivity contribution in [1.82, 2.24) is 20.5 Å². The number of amides is 4. The van der Waals surface area contributed by atoms with Crippen LogP contribution in [0.2, 0.25) is 5.02 Å². The van der Waals surface area contributed by atoms with Crippen LogP contribution in [0.25, 0.3) is 0 Å². The summed E-state index contributed by atoms with van der Waals surface area (Å²) in [4.78, 5) is 53.8. The van der Waals surface area contributed by atoms with E-state index >= 15 is 0 Å². The summed E-state index contributed by atoms with van der Waals surface area (Å²) >= 11 is 5.85. The molecule has 1 fully saturated rings. The maximum Gasteiger partial charge on any atom is 0.414 e. The summed E-state index contributed by atoms with van der Waals surface area (Å²) in [6.07, 6.45) is -3.48. The second kappa shape index (κ2) is 8.47. The highest BCUT2D eigenvalue weighted by molar-refractivity contribution is 6.31. The number of rotatable bonds is 4. The lowest BCUT2D eigenvalue weighted by molar-refractivity contribution is -0.156. The Balaban J connectivity index is 1.56. The predicted octanol–water partition coefficient (Wildman–Crippen LogP) is 2.53. The van der Waals surface area contributed by atoms with Gasteiger partial charge in [0, 0.05) is 30.3 Å². The molecule has 2 aliphatic heterocycles. The third-order valence-electron chi connectivity index (χ3n) is 5.45. The van der Waals surface area contributed by atoms with Gasteiger partial charge in [-0.25, -0.2) is 0 Å². The second-order valence-corrected chi connectivity index (χ2v) is 8.00. The Hall–Kier alpha value is -3.47. The van der Waals surface area contributed by atoms with E-state index in [0.29, 0.717) is 5.56 Å². The van der Waals surface area contributed by atoms with Crippen molar-refractivity contribution < 1.29 is 32.3 Å². The second-order valence-electron chi connectivity index (χ2n) is 7.59. The van der Waals surface area contributed by atoms with Gasteiger partial charge in [-0.2, -0.15) is 13.2 Å². The molecule has 0 bridgehead atoms. The fourth-order valence-electron chi connectivity index (χ4n) is 3.85. The van der Waals surface area contributed by atoms with Crippen LogP contribution in [0, 0.1) is 0 Å². The molecule has 0 radical (unpaired) electrons. The number of carbonyl (C=O) groups is 4. The van der Waals surface area contributed by atoms with E-state index in [1.54, 1.807) is 0 Å². The minimum absolute atomic E-state index is 0.0175. The average molecular weight is 481 g/mol. The Labute approximate surface area is 190 Å². The van der Waals surface area contributed by atoms with Gasteiger partial charge in [0.05, 0.1) is 10.7 Å². The zero-order valence-electron chi connectivity index (χ0n) is 16.8. The Morgan fingerprint density at radius 3 is 2.67 bits per heavy atom. The lowest BCUT2D eigenvalue weighted by Crippen LogP contribution is -2.52. The minimum atomic E-state index is -4.86. The van der Waals surface area contributed by atoms with Crippen LogP contribution in [-0.4, -0.2) is 45.7 Å². The van der Waals surface area contributed by atoms with Crippen LogP contribution < -0.4 is 10.6 Å². The number of hydrogen-bond acceptors (Lipinski definition) is 5. The molecule has 2 aromatic rings. The fourth-order valence-corrected chi connectivity index (χ4v) is 4.08. The molecule has 8 nitrogen and oxygen atoms in total. The molecule has 4 rings (SSSR count). The van der Waals surface area contributed by atoms with Crippen LogP contribution in [0.3, 0.4) is 0 Å². The summed E-state index contributed by atoms with van der Waals surface area (Å²) in [6.45, 7) is -0.0175. The van der Waals surface area contributed by atoms with Crippen LogP contribution in [0.4, 0.5) is 13.2 Å². The first kappa shape index (κ1) is 22.7. The van der Waals surface area contributed by atoms with E-state index in [0.717, 1.165) is 6.20 Å². The number of carbonyl (C=O) groups excluding carboxylic acids is 4. The zero-order valence-corrected chi connectivity index (χ0v) is 17.5. The Bertz CT molecular complexity index is 1170. The van der Waals surface area contributed by atoms with Crippen LogP contribution in [0.5, 0.6) is 0 Å². The minimum Gasteiger partial charge on any atom is -0.335 e. The van der Waals surface area contributed by atoms with E-state index in [2.05, 4.69) is 10.3 Å². The molecular weight excluding hydrogens is 465 g/mol. The molecule has 12 heteroatoms. The van der Waals surface area contributed by atoms with Crippen molar-refractivity contribution in [3.8, 4) is 0 Å². The molecular formula is C21H16ClF3N4O4. The van der Waals surface area contributed by atoms with Gasteiger partial charge < -0.3 is 10.2 Å². The highest BCUT2D eigenvalue weighted by atomic mass is 35.5. The molecule has 2 atom stereocenters. The smallest absolute Gasteiger partial charge is 0.335 e. The van der Waals surface area contributed by atoms with Gasteiger partial charge in [-0.3, -0.25) is 29.5 Å². The molecule has 172 valence electrons. The maximum atomic E-state index is 13.6. The molecule has 1 aromatic heterocycles. The van der Waals surface area contributed by atoms with Crippen molar-refractivity contribution in [2.75, 3.05) is 0 Å². The topological polar surface area (TPSA) is 108 Å². The molecule has 0 spiro atoms. The molecule has 4 amide bonds. The van der Waals surface area contributed by atoms with E-state index in [4.69, 9.17) is 11.6 Å². The Morgan fingerprint density at radius 2 is 2.00 bits per heavy atom. The molecule has 2 aliphatic rings. The van der Waals surface area contributed by atoms with Crippen LogP contribution in [-0.2, 0) is 16.1 Å². The van der Waals surface area contributed by atoms with Gasteiger partial charge in [-0.1, -0.05) is 11.6 Å². The largest absolute Gasteiger partial charge is 0.414 e. The highest BCUT2D eigenvalue weighted by Gasteiger charge is 2.44. The van der Waals surface area contributed by atoms with Gasteiger partial charge >= 0.3 is 6.18 Å². The summed E-state index contributed by atoms with van der Waals surface area (Å²) in [7, 11) is 0. The van der Waals surface area contributed by atoms with Crippen LogP contribution in [0.1, 0.15) is 50.9 Å². The van der Waals surface area contributed by atoms with Crippen molar-refractivity contribution in [3.05, 3.63) is 63.9 Å². The van der Waals surface area contributed by atoms with Crippen molar-refractivity contribution in [1.29, 1.82) is 0 Å². The number of benzene rings is 1. The lowest BCUT2D eigenvalue weighted by Gasteiger charge is -2.29. The maximum absolute atomic E-state index is 13.6. The van der Waals surface area contributed by atoms with Gasteiger partial charge in [0.15, 0.2) is 6.04 Å².